The molecule has 0 saturated carbocycles. The van der Waals surface area contributed by atoms with Crippen molar-refractivity contribution in [2.45, 2.75) is 6.30 Å². The van der Waals surface area contributed by atoms with Crippen LogP contribution in [0.15, 0.2) is 30.3 Å². The second-order valence-electron chi connectivity index (χ2n) is 2.03. The molecule has 1 aromatic rings. The average molecular weight is 155 g/mol. The third-order valence-corrected chi connectivity index (χ3v) is 1.26. The Balaban J connectivity index is 2.85. The van der Waals surface area contributed by atoms with Gasteiger partial charge >= 0.3 is 6.30 Å². The molecule has 3 nitrogen and oxygen atoms in total. The first kappa shape index (κ1) is 7.65. The van der Waals surface area contributed by atoms with Gasteiger partial charge in [-0.3, -0.25) is 10.1 Å². The molecule has 0 fully saturated rings. The molecule has 11 heavy (non-hydrogen) atoms. The lowest BCUT2D eigenvalue weighted by Crippen LogP contribution is -2.03. The summed E-state index contributed by atoms with van der Waals surface area (Å²) in [5.41, 5.74) is 0.0810. The zero-order valence-electron chi connectivity index (χ0n) is 5.61. The maximum absolute atomic E-state index is 12.6. The van der Waals surface area contributed by atoms with Crippen molar-refractivity contribution >= 4 is 0 Å². The standard InChI is InChI=1S/C7H6FNO2/c8-7(9(10)11)6-4-2-1-3-5-6/h1-5,7H. The predicted octanol–water partition coefficient (Wildman–Crippen LogP) is 1.93. The summed E-state index contributed by atoms with van der Waals surface area (Å²) in [4.78, 5) is 8.97. The normalized spacial score (nSPS) is 12.5. The third kappa shape index (κ3) is 1.73. The Morgan fingerprint density at radius 1 is 1.36 bits per heavy atom. The molecule has 0 aliphatic rings. The van der Waals surface area contributed by atoms with E-state index in [2.05, 4.69) is 0 Å². The Kier molecular flexibility index (Phi) is 2.15. The second kappa shape index (κ2) is 3.09. The van der Waals surface area contributed by atoms with Crippen LogP contribution < -0.4 is 0 Å². The molecule has 0 heterocycles. The number of hydrogen-bond acceptors (Lipinski definition) is 2. The van der Waals surface area contributed by atoms with Crippen LogP contribution in [-0.2, 0) is 0 Å². The molecule has 1 atom stereocenters. The van der Waals surface area contributed by atoms with Crippen LogP contribution in [0.25, 0.3) is 0 Å². The van der Waals surface area contributed by atoms with Crippen LogP contribution in [0, 0.1) is 10.1 Å². The van der Waals surface area contributed by atoms with Crippen LogP contribution in [0.3, 0.4) is 0 Å². The third-order valence-electron chi connectivity index (χ3n) is 1.26. The van der Waals surface area contributed by atoms with Crippen molar-refractivity contribution in [3.05, 3.63) is 46.0 Å². The number of rotatable bonds is 2. The summed E-state index contributed by atoms with van der Waals surface area (Å²) in [5.74, 6) is 0. The van der Waals surface area contributed by atoms with Gasteiger partial charge in [0.05, 0.1) is 10.5 Å². The van der Waals surface area contributed by atoms with Gasteiger partial charge in [-0.1, -0.05) is 18.2 Å². The zero-order valence-corrected chi connectivity index (χ0v) is 5.61. The van der Waals surface area contributed by atoms with Crippen LogP contribution in [0.2, 0.25) is 0 Å². The van der Waals surface area contributed by atoms with Crippen molar-refractivity contribution in [2.24, 2.45) is 0 Å². The molecule has 0 aromatic heterocycles. The predicted molar refractivity (Wildman–Crippen MR) is 37.3 cm³/mol. The average Bonchev–Trinajstić information content (AvgIpc) is 2.05. The smallest absolute Gasteiger partial charge is 0.261 e. The summed E-state index contributed by atoms with van der Waals surface area (Å²) in [6.07, 6.45) is -2.10. The number of nitro groups is 1. The lowest BCUT2D eigenvalue weighted by Gasteiger charge is -1.97. The quantitative estimate of drug-likeness (QED) is 0.372. The van der Waals surface area contributed by atoms with E-state index in [1.165, 1.54) is 12.1 Å². The molecule has 4 heteroatoms. The van der Waals surface area contributed by atoms with Crippen LogP contribution in [0.4, 0.5) is 4.39 Å². The van der Waals surface area contributed by atoms with E-state index in [4.69, 9.17) is 0 Å². The van der Waals surface area contributed by atoms with Gasteiger partial charge in [-0.05, 0) is 12.1 Å². The molecule has 1 unspecified atom stereocenters. The van der Waals surface area contributed by atoms with Gasteiger partial charge in [0.15, 0.2) is 0 Å². The summed E-state index contributed by atoms with van der Waals surface area (Å²) in [5, 5.41) is 9.93. The number of nitrogens with zero attached hydrogens (tertiary/aromatic N) is 1. The molecular weight excluding hydrogens is 149 g/mol. The van der Waals surface area contributed by atoms with Gasteiger partial charge < -0.3 is 0 Å². The molecule has 0 aliphatic carbocycles. The summed E-state index contributed by atoms with van der Waals surface area (Å²) >= 11 is 0. The topological polar surface area (TPSA) is 43.1 Å². The van der Waals surface area contributed by atoms with Crippen molar-refractivity contribution in [2.75, 3.05) is 0 Å². The van der Waals surface area contributed by atoms with Crippen LogP contribution >= 0.6 is 0 Å². The minimum absolute atomic E-state index is 0.0810. The highest BCUT2D eigenvalue weighted by Crippen LogP contribution is 2.16. The largest absolute Gasteiger partial charge is 0.375 e. The second-order valence-corrected chi connectivity index (χ2v) is 2.03. The van der Waals surface area contributed by atoms with Crippen molar-refractivity contribution < 1.29 is 9.31 Å². The van der Waals surface area contributed by atoms with E-state index in [-0.39, 0.29) is 5.56 Å². The summed E-state index contributed by atoms with van der Waals surface area (Å²) < 4.78 is 12.6. The molecule has 0 bridgehead atoms. The van der Waals surface area contributed by atoms with Gasteiger partial charge in [0.25, 0.3) is 0 Å². The molecule has 58 valence electrons. The van der Waals surface area contributed by atoms with Gasteiger partial charge in [-0.2, -0.15) is 4.39 Å². The summed E-state index contributed by atoms with van der Waals surface area (Å²) in [6, 6.07) is 7.56. The fourth-order valence-corrected chi connectivity index (χ4v) is 0.734. The minimum Gasteiger partial charge on any atom is -0.261 e. The van der Waals surface area contributed by atoms with E-state index in [9.17, 15) is 14.5 Å². The monoisotopic (exact) mass is 155 g/mol. The Morgan fingerprint density at radius 3 is 2.36 bits per heavy atom. The maximum Gasteiger partial charge on any atom is 0.375 e. The highest BCUT2D eigenvalue weighted by atomic mass is 19.1. The van der Waals surface area contributed by atoms with E-state index in [1.807, 2.05) is 0 Å². The van der Waals surface area contributed by atoms with E-state index >= 15 is 0 Å². The molecule has 0 spiro atoms. The van der Waals surface area contributed by atoms with Crippen LogP contribution in [-0.4, -0.2) is 4.92 Å². The van der Waals surface area contributed by atoms with E-state index in [1.54, 1.807) is 18.2 Å². The molecule has 0 radical (unpaired) electrons. The highest BCUT2D eigenvalue weighted by molar-refractivity contribution is 5.15. The van der Waals surface area contributed by atoms with Crippen LogP contribution in [0.1, 0.15) is 11.9 Å². The van der Waals surface area contributed by atoms with Gasteiger partial charge in [0, 0.05) is 0 Å². The number of hydrogen-bond donors (Lipinski definition) is 0. The van der Waals surface area contributed by atoms with Crippen LogP contribution in [0.5, 0.6) is 0 Å². The lowest BCUT2D eigenvalue weighted by molar-refractivity contribution is -0.560. The fraction of sp³-hybridized carbons (Fsp3) is 0.143. The first-order chi connectivity index (χ1) is 5.22. The van der Waals surface area contributed by atoms with Gasteiger partial charge in [0.1, 0.15) is 0 Å². The Bertz CT molecular complexity index is 250. The van der Waals surface area contributed by atoms with Gasteiger partial charge in [-0.15, -0.1) is 0 Å². The molecule has 1 rings (SSSR count). The van der Waals surface area contributed by atoms with Crippen molar-refractivity contribution in [3.63, 3.8) is 0 Å². The maximum atomic E-state index is 12.6. The Morgan fingerprint density at radius 2 is 1.91 bits per heavy atom. The van der Waals surface area contributed by atoms with Crippen molar-refractivity contribution in [1.29, 1.82) is 0 Å². The fourth-order valence-electron chi connectivity index (χ4n) is 0.734. The first-order valence-corrected chi connectivity index (χ1v) is 3.04. The lowest BCUT2D eigenvalue weighted by atomic mass is 10.2. The molecular formula is C7H6FNO2. The highest BCUT2D eigenvalue weighted by Gasteiger charge is 2.19. The molecule has 0 amide bonds. The Hall–Kier alpha value is -1.45. The van der Waals surface area contributed by atoms with Gasteiger partial charge in [0.2, 0.25) is 0 Å². The van der Waals surface area contributed by atoms with E-state index in [0.717, 1.165) is 0 Å². The van der Waals surface area contributed by atoms with E-state index in [0.29, 0.717) is 0 Å². The number of halogens is 1. The minimum atomic E-state index is -2.10. The Labute approximate surface area is 62.6 Å². The van der Waals surface area contributed by atoms with Crippen molar-refractivity contribution in [1.82, 2.24) is 0 Å². The number of alkyl halides is 1. The molecule has 0 aliphatic heterocycles. The molecule has 0 saturated heterocycles. The van der Waals surface area contributed by atoms with Gasteiger partial charge in [-0.25, -0.2) is 0 Å². The zero-order chi connectivity index (χ0) is 8.27. The molecule has 0 N–H and O–H groups in total. The van der Waals surface area contributed by atoms with E-state index < -0.39 is 11.2 Å². The summed E-state index contributed by atoms with van der Waals surface area (Å²) in [7, 11) is 0. The molecule has 1 aromatic carbocycles. The summed E-state index contributed by atoms with van der Waals surface area (Å²) in [6.45, 7) is 0. The van der Waals surface area contributed by atoms with Crippen molar-refractivity contribution in [3.8, 4) is 0 Å². The number of benzene rings is 1. The SMILES string of the molecule is O=[N+]([O-])C(F)c1ccccc1. The first-order valence-electron chi connectivity index (χ1n) is 3.04.